The fraction of sp³-hybridized carbons (Fsp3) is 0.625. The molecule has 0 saturated carbocycles. The van der Waals surface area contributed by atoms with E-state index < -0.39 is 0 Å². The van der Waals surface area contributed by atoms with Crippen molar-refractivity contribution in [2.24, 2.45) is 11.8 Å². The van der Waals surface area contributed by atoms with Crippen LogP contribution in [0, 0.1) is 11.8 Å². The summed E-state index contributed by atoms with van der Waals surface area (Å²) < 4.78 is 6.47. The largest absolute Gasteiger partial charge is 0.497 e. The molecule has 3 heteroatoms. The van der Waals surface area contributed by atoms with Crippen molar-refractivity contribution >= 4 is 15.9 Å². The highest BCUT2D eigenvalue weighted by molar-refractivity contribution is 9.10. The van der Waals surface area contributed by atoms with Crippen LogP contribution >= 0.6 is 15.9 Å². The topological polar surface area (TPSA) is 21.3 Å². The van der Waals surface area contributed by atoms with Crippen molar-refractivity contribution in [1.29, 1.82) is 0 Å². The Labute approximate surface area is 126 Å². The number of ether oxygens (including phenoxy) is 1. The van der Waals surface area contributed by atoms with E-state index in [9.17, 15) is 0 Å². The van der Waals surface area contributed by atoms with Crippen molar-refractivity contribution in [3.63, 3.8) is 0 Å². The van der Waals surface area contributed by atoms with Crippen molar-refractivity contribution in [2.75, 3.05) is 13.7 Å². The molecule has 2 nitrogen and oxygen atoms in total. The normalized spacial score (nSPS) is 14.5. The van der Waals surface area contributed by atoms with Crippen LogP contribution in [0.25, 0.3) is 0 Å². The van der Waals surface area contributed by atoms with E-state index in [4.69, 9.17) is 4.74 Å². The lowest BCUT2D eigenvalue weighted by atomic mass is 9.89. The minimum absolute atomic E-state index is 0.554. The Morgan fingerprint density at radius 2 is 1.84 bits per heavy atom. The second kappa shape index (κ2) is 7.91. The van der Waals surface area contributed by atoms with E-state index in [1.54, 1.807) is 7.11 Å². The number of nitrogens with one attached hydrogen (secondary N) is 1. The summed E-state index contributed by atoms with van der Waals surface area (Å²) in [6.45, 7) is 10.1. The second-order valence-electron chi connectivity index (χ2n) is 5.68. The smallest absolute Gasteiger partial charge is 0.119 e. The van der Waals surface area contributed by atoms with Gasteiger partial charge in [0.25, 0.3) is 0 Å². The van der Waals surface area contributed by atoms with Crippen LogP contribution in [0.3, 0.4) is 0 Å². The van der Waals surface area contributed by atoms with E-state index in [1.807, 2.05) is 6.07 Å². The molecule has 2 atom stereocenters. The van der Waals surface area contributed by atoms with Crippen molar-refractivity contribution in [1.82, 2.24) is 5.32 Å². The van der Waals surface area contributed by atoms with Crippen LogP contribution in [0.2, 0.25) is 0 Å². The molecule has 1 rings (SSSR count). The molecule has 0 aliphatic heterocycles. The van der Waals surface area contributed by atoms with E-state index >= 15 is 0 Å². The van der Waals surface area contributed by atoms with Gasteiger partial charge in [-0.2, -0.15) is 0 Å². The van der Waals surface area contributed by atoms with Gasteiger partial charge in [0.2, 0.25) is 0 Å². The highest BCUT2D eigenvalue weighted by atomic mass is 79.9. The van der Waals surface area contributed by atoms with Crippen molar-refractivity contribution in [2.45, 2.75) is 40.2 Å². The van der Waals surface area contributed by atoms with Gasteiger partial charge in [-0.15, -0.1) is 0 Å². The number of benzene rings is 1. The van der Waals surface area contributed by atoms with Crippen LogP contribution in [-0.4, -0.2) is 19.7 Å². The molecular formula is C16H26BrNO. The van der Waals surface area contributed by atoms with Gasteiger partial charge in [-0.3, -0.25) is 0 Å². The Morgan fingerprint density at radius 3 is 2.42 bits per heavy atom. The first-order valence-corrected chi connectivity index (χ1v) is 7.79. The maximum Gasteiger partial charge on any atom is 0.119 e. The number of halogens is 1. The van der Waals surface area contributed by atoms with Gasteiger partial charge in [0.1, 0.15) is 5.75 Å². The van der Waals surface area contributed by atoms with E-state index in [-0.39, 0.29) is 0 Å². The first-order valence-electron chi connectivity index (χ1n) is 6.99. The molecule has 0 aromatic heterocycles. The van der Waals surface area contributed by atoms with Gasteiger partial charge in [0.15, 0.2) is 0 Å². The third-order valence-corrected chi connectivity index (χ3v) is 4.39. The molecule has 0 fully saturated rings. The Kier molecular flexibility index (Phi) is 6.87. The van der Waals surface area contributed by atoms with Crippen molar-refractivity contribution in [3.8, 4) is 5.75 Å². The Morgan fingerprint density at radius 1 is 1.16 bits per heavy atom. The SMILES string of the molecule is COc1ccc(Br)c(CC(C)C(C)CNC(C)C)c1. The van der Waals surface area contributed by atoms with Crippen LogP contribution in [0.1, 0.15) is 33.3 Å². The molecule has 1 aromatic carbocycles. The average molecular weight is 328 g/mol. The molecule has 0 saturated heterocycles. The van der Waals surface area contributed by atoms with E-state index in [0.29, 0.717) is 17.9 Å². The molecule has 0 aliphatic carbocycles. The summed E-state index contributed by atoms with van der Waals surface area (Å²) in [6, 6.07) is 6.74. The lowest BCUT2D eigenvalue weighted by Gasteiger charge is -2.22. The summed E-state index contributed by atoms with van der Waals surface area (Å²) >= 11 is 3.63. The third-order valence-electron chi connectivity index (χ3n) is 3.61. The molecule has 0 amide bonds. The van der Waals surface area contributed by atoms with E-state index in [1.165, 1.54) is 10.0 Å². The summed E-state index contributed by atoms with van der Waals surface area (Å²) in [6.07, 6.45) is 1.07. The highest BCUT2D eigenvalue weighted by Gasteiger charge is 2.15. The second-order valence-corrected chi connectivity index (χ2v) is 6.53. The summed E-state index contributed by atoms with van der Waals surface area (Å²) in [5, 5.41) is 3.51. The molecule has 0 radical (unpaired) electrons. The Hall–Kier alpha value is -0.540. The Balaban J connectivity index is 2.62. The van der Waals surface area contributed by atoms with Crippen LogP contribution in [-0.2, 0) is 6.42 Å². The van der Waals surface area contributed by atoms with Crippen LogP contribution in [0.4, 0.5) is 0 Å². The molecule has 0 bridgehead atoms. The number of hydrogen-bond donors (Lipinski definition) is 1. The van der Waals surface area contributed by atoms with Gasteiger partial charge in [-0.1, -0.05) is 43.6 Å². The summed E-state index contributed by atoms with van der Waals surface area (Å²) in [5.74, 6) is 2.22. The molecule has 108 valence electrons. The zero-order valence-corrected chi connectivity index (χ0v) is 14.3. The fourth-order valence-corrected chi connectivity index (χ4v) is 2.41. The molecule has 2 unspecified atom stereocenters. The fourth-order valence-electron chi connectivity index (χ4n) is 2.01. The monoisotopic (exact) mass is 327 g/mol. The lowest BCUT2D eigenvalue weighted by Crippen LogP contribution is -2.31. The van der Waals surface area contributed by atoms with Gasteiger partial charge < -0.3 is 10.1 Å². The summed E-state index contributed by atoms with van der Waals surface area (Å²) in [7, 11) is 1.71. The summed E-state index contributed by atoms with van der Waals surface area (Å²) in [4.78, 5) is 0. The zero-order chi connectivity index (χ0) is 14.4. The highest BCUT2D eigenvalue weighted by Crippen LogP contribution is 2.26. The van der Waals surface area contributed by atoms with Gasteiger partial charge in [0.05, 0.1) is 7.11 Å². The molecule has 0 heterocycles. The predicted molar refractivity (Wildman–Crippen MR) is 85.9 cm³/mol. The molecule has 0 spiro atoms. The third kappa shape index (κ3) is 5.53. The van der Waals surface area contributed by atoms with Crippen LogP contribution in [0.15, 0.2) is 22.7 Å². The summed E-state index contributed by atoms with van der Waals surface area (Å²) in [5.41, 5.74) is 1.32. The molecule has 1 N–H and O–H groups in total. The molecule has 0 aliphatic rings. The maximum atomic E-state index is 5.30. The Bertz CT molecular complexity index is 392. The lowest BCUT2D eigenvalue weighted by molar-refractivity contribution is 0.353. The standard InChI is InChI=1S/C16H26BrNO/c1-11(2)18-10-13(4)12(3)8-14-9-15(19-5)6-7-16(14)17/h6-7,9,11-13,18H,8,10H2,1-5H3. The van der Waals surface area contributed by atoms with E-state index in [2.05, 4.69) is 61.1 Å². The first kappa shape index (κ1) is 16.5. The molecular weight excluding hydrogens is 302 g/mol. The molecule has 19 heavy (non-hydrogen) atoms. The quantitative estimate of drug-likeness (QED) is 0.807. The number of rotatable bonds is 7. The van der Waals surface area contributed by atoms with Gasteiger partial charge in [-0.25, -0.2) is 0 Å². The van der Waals surface area contributed by atoms with Crippen molar-refractivity contribution < 1.29 is 4.74 Å². The number of hydrogen-bond acceptors (Lipinski definition) is 2. The average Bonchev–Trinajstić information content (AvgIpc) is 2.38. The minimum atomic E-state index is 0.554. The van der Waals surface area contributed by atoms with Gasteiger partial charge in [0, 0.05) is 10.5 Å². The number of methoxy groups -OCH3 is 1. The van der Waals surface area contributed by atoms with E-state index in [0.717, 1.165) is 18.7 Å². The maximum absolute atomic E-state index is 5.30. The van der Waals surface area contributed by atoms with Gasteiger partial charge in [-0.05, 0) is 48.6 Å². The van der Waals surface area contributed by atoms with Crippen LogP contribution in [0.5, 0.6) is 5.75 Å². The first-order chi connectivity index (χ1) is 8.93. The minimum Gasteiger partial charge on any atom is -0.497 e. The van der Waals surface area contributed by atoms with Crippen molar-refractivity contribution in [3.05, 3.63) is 28.2 Å². The zero-order valence-electron chi connectivity index (χ0n) is 12.7. The predicted octanol–water partition coefficient (Wildman–Crippen LogP) is 4.27. The van der Waals surface area contributed by atoms with Gasteiger partial charge >= 0.3 is 0 Å². The van der Waals surface area contributed by atoms with Crippen LogP contribution < -0.4 is 10.1 Å². The molecule has 1 aromatic rings.